The van der Waals surface area contributed by atoms with Crippen molar-refractivity contribution in [2.45, 2.75) is 25.7 Å². The van der Waals surface area contributed by atoms with Gasteiger partial charge in [0, 0.05) is 24.6 Å². The van der Waals surface area contributed by atoms with Crippen LogP contribution in [0.2, 0.25) is 0 Å². The van der Waals surface area contributed by atoms with E-state index in [2.05, 4.69) is 0 Å². The maximum absolute atomic E-state index is 12.3. The maximum atomic E-state index is 12.3. The van der Waals surface area contributed by atoms with E-state index in [9.17, 15) is 19.5 Å². The van der Waals surface area contributed by atoms with E-state index in [0.717, 1.165) is 4.90 Å². The van der Waals surface area contributed by atoms with Crippen molar-refractivity contribution < 1.29 is 19.5 Å². The number of nitrogens with two attached hydrogens (primary N) is 1. The molecule has 1 heterocycles. The van der Waals surface area contributed by atoms with E-state index in [4.69, 9.17) is 5.73 Å². The molecule has 1 aliphatic rings. The van der Waals surface area contributed by atoms with Crippen molar-refractivity contribution in [1.82, 2.24) is 4.90 Å². The van der Waals surface area contributed by atoms with Crippen LogP contribution in [0.15, 0.2) is 24.3 Å². The first-order valence-corrected chi connectivity index (χ1v) is 6.88. The molecule has 112 valence electrons. The van der Waals surface area contributed by atoms with Gasteiger partial charge < -0.3 is 10.8 Å². The maximum Gasteiger partial charge on any atom is 0.316 e. The fourth-order valence-electron chi connectivity index (χ4n) is 2.67. The van der Waals surface area contributed by atoms with Crippen LogP contribution >= 0.6 is 0 Å². The van der Waals surface area contributed by atoms with Crippen molar-refractivity contribution in [3.63, 3.8) is 0 Å². The summed E-state index contributed by atoms with van der Waals surface area (Å²) in [5, 5.41) is 9.38. The normalized spacial score (nSPS) is 22.4. The Hall–Kier alpha value is -2.37. The van der Waals surface area contributed by atoms with Crippen LogP contribution in [0.25, 0.3) is 0 Å². The van der Waals surface area contributed by atoms with Gasteiger partial charge in [0.25, 0.3) is 0 Å². The Labute approximate surface area is 122 Å². The van der Waals surface area contributed by atoms with Crippen molar-refractivity contribution in [2.75, 3.05) is 12.3 Å². The summed E-state index contributed by atoms with van der Waals surface area (Å²) in [6.07, 6.45) is 0.628. The van der Waals surface area contributed by atoms with Crippen LogP contribution in [-0.2, 0) is 14.4 Å². The molecule has 0 bridgehead atoms. The highest BCUT2D eigenvalue weighted by molar-refractivity contribution is 6.08. The summed E-state index contributed by atoms with van der Waals surface area (Å²) in [5.41, 5.74) is 6.80. The molecule has 1 saturated heterocycles. The Balaban J connectivity index is 2.36. The molecule has 21 heavy (non-hydrogen) atoms. The van der Waals surface area contributed by atoms with E-state index in [1.165, 1.54) is 0 Å². The summed E-state index contributed by atoms with van der Waals surface area (Å²) in [6.45, 7) is 2.10. The summed E-state index contributed by atoms with van der Waals surface area (Å²) in [4.78, 5) is 37.0. The number of rotatable bonds is 4. The van der Waals surface area contributed by atoms with Gasteiger partial charge in [-0.3, -0.25) is 19.3 Å². The minimum atomic E-state index is -1.22. The number of anilines is 1. The minimum Gasteiger partial charge on any atom is -0.481 e. The molecule has 6 nitrogen and oxygen atoms in total. The predicted molar refractivity (Wildman–Crippen MR) is 76.3 cm³/mol. The summed E-state index contributed by atoms with van der Waals surface area (Å²) in [6, 6.07) is 6.63. The summed E-state index contributed by atoms with van der Waals surface area (Å²) >= 11 is 0. The summed E-state index contributed by atoms with van der Waals surface area (Å²) in [7, 11) is 0. The number of carbonyl (C=O) groups excluding carboxylic acids is 2. The average Bonchev–Trinajstić information content (AvgIpc) is 2.43. The molecule has 1 aliphatic heterocycles. The number of nitrogen functional groups attached to an aromatic ring is 1. The monoisotopic (exact) mass is 290 g/mol. The number of carboxylic acid groups (broad SMARTS) is 1. The van der Waals surface area contributed by atoms with Crippen molar-refractivity contribution in [2.24, 2.45) is 5.92 Å². The van der Waals surface area contributed by atoms with Gasteiger partial charge in [-0.1, -0.05) is 19.1 Å². The first-order chi connectivity index (χ1) is 9.95. The summed E-state index contributed by atoms with van der Waals surface area (Å²) < 4.78 is 0. The Kier molecular flexibility index (Phi) is 4.26. The number of amides is 2. The molecule has 1 aromatic rings. The number of nitrogens with zero attached hydrogens (tertiary/aromatic N) is 1. The van der Waals surface area contributed by atoms with Crippen LogP contribution in [0, 0.1) is 5.92 Å². The second-order valence-corrected chi connectivity index (χ2v) is 5.18. The van der Waals surface area contributed by atoms with Crippen LogP contribution < -0.4 is 5.73 Å². The fourth-order valence-corrected chi connectivity index (χ4v) is 2.67. The first-order valence-electron chi connectivity index (χ1n) is 6.88. The lowest BCUT2D eigenvalue weighted by Gasteiger charge is -2.34. The average molecular weight is 290 g/mol. The predicted octanol–water partition coefficient (Wildman–Crippen LogP) is 1.22. The number of benzene rings is 1. The molecule has 1 aromatic carbocycles. The zero-order chi connectivity index (χ0) is 15.6. The zero-order valence-electron chi connectivity index (χ0n) is 11.8. The van der Waals surface area contributed by atoms with Gasteiger partial charge in [-0.25, -0.2) is 0 Å². The van der Waals surface area contributed by atoms with E-state index in [1.807, 2.05) is 6.92 Å². The molecule has 0 saturated carbocycles. The molecule has 0 radical (unpaired) electrons. The highest BCUT2D eigenvalue weighted by Gasteiger charge is 2.45. The number of hydrogen-bond donors (Lipinski definition) is 2. The number of carbonyl (C=O) groups is 3. The van der Waals surface area contributed by atoms with Crippen molar-refractivity contribution in [3.05, 3.63) is 29.8 Å². The smallest absolute Gasteiger partial charge is 0.316 e. The van der Waals surface area contributed by atoms with E-state index >= 15 is 0 Å². The van der Waals surface area contributed by atoms with Crippen LogP contribution in [0.5, 0.6) is 0 Å². The lowest BCUT2D eigenvalue weighted by atomic mass is 9.79. The van der Waals surface area contributed by atoms with Gasteiger partial charge in [0.2, 0.25) is 11.8 Å². The number of carboxylic acids is 1. The standard InChI is InChI=1S/C15H18N2O4/c1-2-7-17-12(18)8-11(13(14(17)19)15(20)21)9-3-5-10(16)6-4-9/h3-6,11,13H,2,7-8,16H2,1H3,(H,20,21). The van der Waals surface area contributed by atoms with Crippen LogP contribution in [0.1, 0.15) is 31.2 Å². The Morgan fingerprint density at radius 1 is 1.33 bits per heavy atom. The van der Waals surface area contributed by atoms with Crippen LogP contribution in [0.4, 0.5) is 5.69 Å². The van der Waals surface area contributed by atoms with Crippen LogP contribution in [-0.4, -0.2) is 34.3 Å². The lowest BCUT2D eigenvalue weighted by Crippen LogP contribution is -2.51. The lowest BCUT2D eigenvalue weighted by molar-refractivity contribution is -0.160. The molecule has 0 spiro atoms. The van der Waals surface area contributed by atoms with Gasteiger partial charge in [-0.2, -0.15) is 0 Å². The van der Waals surface area contributed by atoms with Crippen molar-refractivity contribution in [1.29, 1.82) is 0 Å². The largest absolute Gasteiger partial charge is 0.481 e. The molecule has 2 rings (SSSR count). The molecule has 2 amide bonds. The van der Waals surface area contributed by atoms with Crippen LogP contribution in [0.3, 0.4) is 0 Å². The van der Waals surface area contributed by atoms with E-state index in [1.54, 1.807) is 24.3 Å². The van der Waals surface area contributed by atoms with E-state index in [0.29, 0.717) is 17.7 Å². The molecule has 2 unspecified atom stereocenters. The molecule has 2 atom stereocenters. The second kappa shape index (κ2) is 5.95. The molecule has 0 aliphatic carbocycles. The van der Waals surface area contributed by atoms with Gasteiger partial charge in [0.15, 0.2) is 0 Å². The van der Waals surface area contributed by atoms with Gasteiger partial charge >= 0.3 is 5.97 Å². The zero-order valence-corrected chi connectivity index (χ0v) is 11.8. The highest BCUT2D eigenvalue weighted by Crippen LogP contribution is 2.35. The Morgan fingerprint density at radius 2 is 1.95 bits per heavy atom. The molecule has 6 heteroatoms. The fraction of sp³-hybridized carbons (Fsp3) is 0.400. The number of aliphatic carboxylic acids is 1. The number of likely N-dealkylation sites (tertiary alicyclic amines) is 1. The third kappa shape index (κ3) is 2.89. The third-order valence-corrected chi connectivity index (χ3v) is 3.71. The SMILES string of the molecule is CCCN1C(=O)CC(c2ccc(N)cc2)C(C(=O)O)C1=O. The van der Waals surface area contributed by atoms with E-state index < -0.39 is 23.7 Å². The quantitative estimate of drug-likeness (QED) is 0.493. The number of piperidine rings is 1. The third-order valence-electron chi connectivity index (χ3n) is 3.71. The number of hydrogen-bond acceptors (Lipinski definition) is 4. The van der Waals surface area contributed by atoms with Crippen molar-refractivity contribution >= 4 is 23.5 Å². The summed E-state index contributed by atoms with van der Waals surface area (Å²) in [5.74, 6) is -4.01. The Bertz CT molecular complexity index is 568. The molecular formula is C15H18N2O4. The molecular weight excluding hydrogens is 272 g/mol. The van der Waals surface area contributed by atoms with E-state index in [-0.39, 0.29) is 18.9 Å². The van der Waals surface area contributed by atoms with Gasteiger partial charge in [-0.15, -0.1) is 0 Å². The Morgan fingerprint density at radius 3 is 2.48 bits per heavy atom. The number of imide groups is 1. The second-order valence-electron chi connectivity index (χ2n) is 5.18. The van der Waals surface area contributed by atoms with Crippen molar-refractivity contribution in [3.8, 4) is 0 Å². The molecule has 1 fully saturated rings. The first kappa shape index (κ1) is 15.0. The van der Waals surface area contributed by atoms with Gasteiger partial charge in [0.05, 0.1) is 0 Å². The van der Waals surface area contributed by atoms with Gasteiger partial charge in [0.1, 0.15) is 5.92 Å². The molecule has 3 N–H and O–H groups in total. The van der Waals surface area contributed by atoms with Gasteiger partial charge in [-0.05, 0) is 24.1 Å². The topological polar surface area (TPSA) is 101 Å². The minimum absolute atomic E-state index is 0.0205. The molecule has 0 aromatic heterocycles. The highest BCUT2D eigenvalue weighted by atomic mass is 16.4.